The van der Waals surface area contributed by atoms with Gasteiger partial charge in [-0.3, -0.25) is 5.41 Å². The topological polar surface area (TPSA) is 35.9 Å². The second-order valence-electron chi connectivity index (χ2n) is 9.52. The number of hydrogen-bond donors (Lipinski definition) is 2. The summed E-state index contributed by atoms with van der Waals surface area (Å²) in [6, 6.07) is 0. The van der Waals surface area contributed by atoms with Crippen molar-refractivity contribution in [3.8, 4) is 0 Å². The zero-order valence-corrected chi connectivity index (χ0v) is 17.4. The maximum absolute atomic E-state index is 7.70. The largest absolute Gasteiger partial charge is 0.350 e. The van der Waals surface area contributed by atoms with Gasteiger partial charge in [0.2, 0.25) is 0 Å². The maximum Gasteiger partial charge on any atom is 0.0833 e. The second-order valence-corrected chi connectivity index (χ2v) is 9.52. The Morgan fingerprint density at radius 2 is 2.04 bits per heavy atom. The summed E-state index contributed by atoms with van der Waals surface area (Å²) in [7, 11) is 0. The molecule has 0 bridgehead atoms. The van der Waals surface area contributed by atoms with Crippen LogP contribution in [0.5, 0.6) is 0 Å². The third kappa shape index (κ3) is 2.80. The lowest BCUT2D eigenvalue weighted by Gasteiger charge is -2.40. The zero-order chi connectivity index (χ0) is 19.2. The van der Waals surface area contributed by atoms with Gasteiger partial charge in [0.15, 0.2) is 0 Å². The average molecular weight is 363 g/mol. The van der Waals surface area contributed by atoms with E-state index in [0.717, 1.165) is 6.42 Å². The highest BCUT2D eigenvalue weighted by atomic mass is 14.9. The molecule has 0 saturated heterocycles. The van der Waals surface area contributed by atoms with Crippen molar-refractivity contribution < 1.29 is 0 Å². The second kappa shape index (κ2) is 6.65. The quantitative estimate of drug-likeness (QED) is 0.429. The Bertz CT molecular complexity index is 815. The van der Waals surface area contributed by atoms with Crippen LogP contribution in [0.1, 0.15) is 72.6 Å². The van der Waals surface area contributed by atoms with Crippen LogP contribution in [0.2, 0.25) is 0 Å². The summed E-state index contributed by atoms with van der Waals surface area (Å²) in [4.78, 5) is 0. The van der Waals surface area contributed by atoms with Crippen LogP contribution in [-0.4, -0.2) is 6.34 Å². The Morgan fingerprint density at radius 1 is 1.22 bits per heavy atom. The highest BCUT2D eigenvalue weighted by Gasteiger charge is 2.46. The molecule has 2 nitrogen and oxygen atoms in total. The molecule has 2 N–H and O–H groups in total. The monoisotopic (exact) mass is 362 g/mol. The van der Waals surface area contributed by atoms with Gasteiger partial charge in [-0.05, 0) is 90.1 Å². The first-order valence-electron chi connectivity index (χ1n) is 10.7. The van der Waals surface area contributed by atoms with E-state index in [4.69, 9.17) is 5.41 Å². The molecule has 0 aromatic rings. The van der Waals surface area contributed by atoms with Crippen LogP contribution < -0.4 is 5.32 Å². The normalized spacial score (nSPS) is 31.9. The fraction of sp³-hybridized carbons (Fsp3) is 0.560. The van der Waals surface area contributed by atoms with Gasteiger partial charge in [0.05, 0.1) is 6.34 Å². The molecule has 0 aromatic carbocycles. The first-order valence-corrected chi connectivity index (χ1v) is 10.7. The third-order valence-electron chi connectivity index (χ3n) is 7.79. The molecule has 0 radical (unpaired) electrons. The summed E-state index contributed by atoms with van der Waals surface area (Å²) in [5, 5.41) is 11.0. The summed E-state index contributed by atoms with van der Waals surface area (Å²) in [6.45, 7) is 9.61. The van der Waals surface area contributed by atoms with Crippen molar-refractivity contribution >= 4 is 6.34 Å². The predicted octanol–water partition coefficient (Wildman–Crippen LogP) is 6.60. The van der Waals surface area contributed by atoms with Crippen LogP contribution >= 0.6 is 0 Å². The summed E-state index contributed by atoms with van der Waals surface area (Å²) in [5.74, 6) is 0.522. The maximum atomic E-state index is 7.70. The van der Waals surface area contributed by atoms with Crippen molar-refractivity contribution in [2.75, 3.05) is 0 Å². The minimum atomic E-state index is 0.210. The molecule has 0 fully saturated rings. The standard InChI is InChI=1S/C25H34N2/c1-5-25(4)13-9-8-12-21(25)19-14-18-17-10-6-7-11-20(17)24(2,3)22(18)15-23(19)27-16-26/h6,10,12,14,16,22H,5,7-9,11,13,15H2,1-4H3,(H2,26,27)/t22?,25-/m1/s1. The fourth-order valence-electron chi connectivity index (χ4n) is 5.88. The van der Waals surface area contributed by atoms with Gasteiger partial charge >= 0.3 is 0 Å². The van der Waals surface area contributed by atoms with E-state index >= 15 is 0 Å². The van der Waals surface area contributed by atoms with Gasteiger partial charge in [-0.15, -0.1) is 0 Å². The molecule has 4 aliphatic rings. The Balaban J connectivity index is 1.86. The van der Waals surface area contributed by atoms with E-state index in [0.29, 0.717) is 5.92 Å². The number of allylic oxidation sites excluding steroid dienone is 10. The SMILES string of the molecule is CC[C@]1(C)CCCC=C1C1=C(NC=N)CC2C(=C1)C1=C(CCC=C1)C2(C)C. The van der Waals surface area contributed by atoms with E-state index < -0.39 is 0 Å². The minimum Gasteiger partial charge on any atom is -0.350 e. The molecular weight excluding hydrogens is 328 g/mol. The van der Waals surface area contributed by atoms with Gasteiger partial charge in [0.25, 0.3) is 0 Å². The summed E-state index contributed by atoms with van der Waals surface area (Å²) in [5.41, 5.74) is 9.30. The summed E-state index contributed by atoms with van der Waals surface area (Å²) in [6.07, 6.45) is 19.4. The molecule has 0 heterocycles. The summed E-state index contributed by atoms with van der Waals surface area (Å²) >= 11 is 0. The van der Waals surface area contributed by atoms with Crippen LogP contribution in [-0.2, 0) is 0 Å². The van der Waals surface area contributed by atoms with Crippen LogP contribution in [0, 0.1) is 22.2 Å². The third-order valence-corrected chi connectivity index (χ3v) is 7.79. The molecule has 0 aromatic heterocycles. The molecule has 0 amide bonds. The molecule has 4 rings (SSSR count). The molecule has 2 heteroatoms. The van der Waals surface area contributed by atoms with Gasteiger partial charge in [-0.2, -0.15) is 0 Å². The Morgan fingerprint density at radius 3 is 2.78 bits per heavy atom. The highest BCUT2D eigenvalue weighted by molar-refractivity contribution is 5.65. The Kier molecular flexibility index (Phi) is 4.56. The van der Waals surface area contributed by atoms with Crippen molar-refractivity contribution in [3.05, 3.63) is 57.9 Å². The van der Waals surface area contributed by atoms with Crippen LogP contribution in [0.25, 0.3) is 0 Å². The molecule has 27 heavy (non-hydrogen) atoms. The average Bonchev–Trinajstić information content (AvgIpc) is 2.89. The molecule has 144 valence electrons. The van der Waals surface area contributed by atoms with Gasteiger partial charge < -0.3 is 5.32 Å². The van der Waals surface area contributed by atoms with E-state index in [9.17, 15) is 0 Å². The van der Waals surface area contributed by atoms with Gasteiger partial charge in [-0.25, -0.2) is 0 Å². The lowest BCUT2D eigenvalue weighted by Crippen LogP contribution is -2.31. The van der Waals surface area contributed by atoms with Gasteiger partial charge in [0.1, 0.15) is 0 Å². The predicted molar refractivity (Wildman–Crippen MR) is 115 cm³/mol. The first-order chi connectivity index (χ1) is 12.9. The number of hydrogen-bond acceptors (Lipinski definition) is 1. The molecule has 0 spiro atoms. The van der Waals surface area contributed by atoms with E-state index in [2.05, 4.69) is 57.3 Å². The molecule has 0 aliphatic heterocycles. The first kappa shape index (κ1) is 18.5. The summed E-state index contributed by atoms with van der Waals surface area (Å²) < 4.78 is 0. The number of fused-ring (bicyclic) bond motifs is 2. The van der Waals surface area contributed by atoms with Crippen molar-refractivity contribution in [3.63, 3.8) is 0 Å². The van der Waals surface area contributed by atoms with Crippen molar-refractivity contribution in [1.29, 1.82) is 5.41 Å². The molecule has 1 unspecified atom stereocenters. The Hall–Kier alpha value is -1.83. The van der Waals surface area contributed by atoms with Crippen molar-refractivity contribution in [2.24, 2.45) is 16.7 Å². The van der Waals surface area contributed by atoms with Gasteiger partial charge in [-0.1, -0.05) is 51.5 Å². The highest BCUT2D eigenvalue weighted by Crippen LogP contribution is 2.58. The Labute approximate surface area is 164 Å². The molecule has 2 atom stereocenters. The van der Waals surface area contributed by atoms with Gasteiger partial charge in [0, 0.05) is 5.70 Å². The van der Waals surface area contributed by atoms with E-state index in [1.807, 2.05) is 0 Å². The van der Waals surface area contributed by atoms with Crippen molar-refractivity contribution in [2.45, 2.75) is 72.6 Å². The fourth-order valence-corrected chi connectivity index (χ4v) is 5.88. The lowest BCUT2D eigenvalue weighted by atomic mass is 9.66. The number of rotatable bonds is 4. The van der Waals surface area contributed by atoms with Crippen molar-refractivity contribution in [1.82, 2.24) is 5.32 Å². The van der Waals surface area contributed by atoms with Crippen LogP contribution in [0.3, 0.4) is 0 Å². The van der Waals surface area contributed by atoms with Crippen LogP contribution in [0.4, 0.5) is 0 Å². The van der Waals surface area contributed by atoms with E-state index in [1.54, 1.807) is 11.1 Å². The molecule has 0 saturated carbocycles. The molecular formula is C25H34N2. The zero-order valence-electron chi connectivity index (χ0n) is 17.4. The smallest absolute Gasteiger partial charge is 0.0833 e. The minimum absolute atomic E-state index is 0.210. The van der Waals surface area contributed by atoms with E-state index in [-0.39, 0.29) is 10.8 Å². The molecule has 4 aliphatic carbocycles. The van der Waals surface area contributed by atoms with Crippen LogP contribution in [0.15, 0.2) is 57.9 Å². The lowest BCUT2D eigenvalue weighted by molar-refractivity contribution is 0.309. The number of nitrogens with one attached hydrogen (secondary N) is 2. The van der Waals surface area contributed by atoms with E-state index in [1.165, 1.54) is 67.3 Å².